The van der Waals surface area contributed by atoms with Crippen molar-refractivity contribution in [1.82, 2.24) is 5.32 Å². The molecule has 1 unspecified atom stereocenters. The number of guanidine groups is 1. The Morgan fingerprint density at radius 3 is 2.71 bits per heavy atom. The summed E-state index contributed by atoms with van der Waals surface area (Å²) in [6.07, 6.45) is 0.586. The number of anilines is 1. The number of para-hydroxylation sites is 1. The summed E-state index contributed by atoms with van der Waals surface area (Å²) in [6.45, 7) is 3.58. The van der Waals surface area contributed by atoms with Crippen LogP contribution in [0.3, 0.4) is 0 Å². The van der Waals surface area contributed by atoms with E-state index in [-0.39, 0.29) is 17.7 Å². The van der Waals surface area contributed by atoms with Crippen molar-refractivity contribution in [3.63, 3.8) is 0 Å². The molecule has 0 aliphatic heterocycles. The molecular formula is C21H28FN3O3. The van der Waals surface area contributed by atoms with Crippen molar-refractivity contribution in [3.05, 3.63) is 54.3 Å². The number of ether oxygens (including phenoxy) is 3. The third-order valence-corrected chi connectivity index (χ3v) is 3.80. The molecule has 0 saturated carbocycles. The van der Waals surface area contributed by atoms with Gasteiger partial charge in [0.2, 0.25) is 0 Å². The molecule has 6 nitrogen and oxygen atoms in total. The quantitative estimate of drug-likeness (QED) is 0.369. The highest BCUT2D eigenvalue weighted by Crippen LogP contribution is 2.18. The van der Waals surface area contributed by atoms with Crippen molar-refractivity contribution in [3.8, 4) is 11.5 Å². The van der Waals surface area contributed by atoms with E-state index in [1.807, 2.05) is 31.2 Å². The first kappa shape index (κ1) is 21.5. The minimum absolute atomic E-state index is 0.234. The molecule has 7 heteroatoms. The van der Waals surface area contributed by atoms with Gasteiger partial charge in [-0.3, -0.25) is 4.99 Å². The molecule has 0 aromatic heterocycles. The Morgan fingerprint density at radius 2 is 1.96 bits per heavy atom. The summed E-state index contributed by atoms with van der Waals surface area (Å²) in [4.78, 5) is 4.20. The molecule has 0 radical (unpaired) electrons. The molecule has 0 bridgehead atoms. The van der Waals surface area contributed by atoms with E-state index in [1.165, 1.54) is 6.07 Å². The maximum Gasteiger partial charge on any atom is 0.195 e. The first-order valence-corrected chi connectivity index (χ1v) is 9.23. The molecule has 0 spiro atoms. The maximum absolute atomic E-state index is 13.7. The third-order valence-electron chi connectivity index (χ3n) is 3.80. The Balaban J connectivity index is 1.83. The zero-order valence-corrected chi connectivity index (χ0v) is 16.6. The number of rotatable bonds is 10. The van der Waals surface area contributed by atoms with Gasteiger partial charge < -0.3 is 24.8 Å². The van der Waals surface area contributed by atoms with Crippen LogP contribution in [0.4, 0.5) is 10.1 Å². The van der Waals surface area contributed by atoms with E-state index in [4.69, 9.17) is 14.2 Å². The lowest BCUT2D eigenvalue weighted by Crippen LogP contribution is -2.37. The first-order chi connectivity index (χ1) is 13.6. The van der Waals surface area contributed by atoms with Gasteiger partial charge in [-0.05, 0) is 31.2 Å². The van der Waals surface area contributed by atoms with E-state index in [9.17, 15) is 4.39 Å². The molecule has 28 heavy (non-hydrogen) atoms. The smallest absolute Gasteiger partial charge is 0.195 e. The fourth-order valence-corrected chi connectivity index (χ4v) is 2.41. The van der Waals surface area contributed by atoms with E-state index in [1.54, 1.807) is 32.4 Å². The SMILES string of the molecule is CN=C(NCC(C)Oc1ccccc1F)Nc1cccc(OCCCOC)c1. The second kappa shape index (κ2) is 11.8. The average Bonchev–Trinajstić information content (AvgIpc) is 2.70. The van der Waals surface area contributed by atoms with E-state index in [0.29, 0.717) is 25.7 Å². The van der Waals surface area contributed by atoms with Crippen molar-refractivity contribution >= 4 is 11.6 Å². The molecule has 2 N–H and O–H groups in total. The van der Waals surface area contributed by atoms with Crippen molar-refractivity contribution in [2.75, 3.05) is 39.2 Å². The molecule has 152 valence electrons. The largest absolute Gasteiger partial charge is 0.493 e. The van der Waals surface area contributed by atoms with Crippen LogP contribution in [0.5, 0.6) is 11.5 Å². The lowest BCUT2D eigenvalue weighted by Gasteiger charge is -2.18. The Bertz CT molecular complexity index is 755. The van der Waals surface area contributed by atoms with E-state index in [0.717, 1.165) is 17.9 Å². The number of halogens is 1. The standard InChI is InChI=1S/C21H28FN3O3/c1-16(28-20-11-5-4-10-19(20)22)15-24-21(23-2)25-17-8-6-9-18(14-17)27-13-7-12-26-3/h4-6,8-11,14,16H,7,12-13,15H2,1-3H3,(H2,23,24,25). The topological polar surface area (TPSA) is 64.1 Å². The molecule has 0 aliphatic carbocycles. The molecule has 0 aliphatic rings. The van der Waals surface area contributed by atoms with Gasteiger partial charge >= 0.3 is 0 Å². The van der Waals surface area contributed by atoms with Crippen LogP contribution in [0.15, 0.2) is 53.5 Å². The first-order valence-electron chi connectivity index (χ1n) is 9.23. The second-order valence-corrected chi connectivity index (χ2v) is 6.16. The molecule has 0 amide bonds. The maximum atomic E-state index is 13.7. The molecule has 2 aromatic carbocycles. The van der Waals surface area contributed by atoms with Crippen LogP contribution in [0.2, 0.25) is 0 Å². The molecule has 1 atom stereocenters. The fraction of sp³-hybridized carbons (Fsp3) is 0.381. The number of hydrogen-bond donors (Lipinski definition) is 2. The van der Waals surface area contributed by atoms with Gasteiger partial charge in [-0.15, -0.1) is 0 Å². The highest BCUT2D eigenvalue weighted by molar-refractivity contribution is 5.93. The zero-order valence-electron chi connectivity index (χ0n) is 16.6. The molecule has 0 fully saturated rings. The molecule has 0 heterocycles. The highest BCUT2D eigenvalue weighted by Gasteiger charge is 2.09. The Hall–Kier alpha value is -2.80. The van der Waals surface area contributed by atoms with Crippen LogP contribution in [-0.4, -0.2) is 46.0 Å². The Morgan fingerprint density at radius 1 is 1.14 bits per heavy atom. The van der Waals surface area contributed by atoms with E-state index >= 15 is 0 Å². The van der Waals surface area contributed by atoms with Gasteiger partial charge in [0.25, 0.3) is 0 Å². The number of nitrogens with zero attached hydrogens (tertiary/aromatic N) is 1. The van der Waals surface area contributed by atoms with Crippen molar-refractivity contribution in [2.45, 2.75) is 19.4 Å². The minimum atomic E-state index is -0.376. The second-order valence-electron chi connectivity index (χ2n) is 6.16. The summed E-state index contributed by atoms with van der Waals surface area (Å²) >= 11 is 0. The lowest BCUT2D eigenvalue weighted by molar-refractivity contribution is 0.172. The molecule has 2 aromatic rings. The van der Waals surface area contributed by atoms with Crippen molar-refractivity contribution < 1.29 is 18.6 Å². The van der Waals surface area contributed by atoms with E-state index < -0.39 is 0 Å². The van der Waals surface area contributed by atoms with Crippen LogP contribution >= 0.6 is 0 Å². The van der Waals surface area contributed by atoms with Gasteiger partial charge in [-0.25, -0.2) is 4.39 Å². The molecular weight excluding hydrogens is 361 g/mol. The fourth-order valence-electron chi connectivity index (χ4n) is 2.41. The summed E-state index contributed by atoms with van der Waals surface area (Å²) in [6, 6.07) is 14.0. The lowest BCUT2D eigenvalue weighted by atomic mass is 10.3. The van der Waals surface area contributed by atoms with Crippen molar-refractivity contribution in [1.29, 1.82) is 0 Å². The van der Waals surface area contributed by atoms with Gasteiger partial charge in [0.15, 0.2) is 17.5 Å². The van der Waals surface area contributed by atoms with Crippen LogP contribution in [0, 0.1) is 5.82 Å². The van der Waals surface area contributed by atoms with Crippen LogP contribution in [-0.2, 0) is 4.74 Å². The summed E-state index contributed by atoms with van der Waals surface area (Å²) in [5.41, 5.74) is 0.847. The summed E-state index contributed by atoms with van der Waals surface area (Å²) < 4.78 is 30.0. The van der Waals surface area contributed by atoms with Gasteiger partial charge in [0, 0.05) is 38.9 Å². The molecule has 2 rings (SSSR count). The van der Waals surface area contributed by atoms with Gasteiger partial charge in [-0.2, -0.15) is 0 Å². The van der Waals surface area contributed by atoms with Crippen LogP contribution in [0.25, 0.3) is 0 Å². The van der Waals surface area contributed by atoms with Crippen LogP contribution in [0.1, 0.15) is 13.3 Å². The van der Waals surface area contributed by atoms with Gasteiger partial charge in [-0.1, -0.05) is 18.2 Å². The van der Waals surface area contributed by atoms with Crippen LogP contribution < -0.4 is 20.1 Å². The predicted molar refractivity (Wildman–Crippen MR) is 110 cm³/mol. The number of methoxy groups -OCH3 is 1. The zero-order chi connectivity index (χ0) is 20.2. The van der Waals surface area contributed by atoms with Crippen molar-refractivity contribution in [2.24, 2.45) is 4.99 Å². The predicted octanol–water partition coefficient (Wildman–Crippen LogP) is 3.70. The summed E-state index contributed by atoms with van der Waals surface area (Å²) in [5.74, 6) is 1.21. The van der Waals surface area contributed by atoms with E-state index in [2.05, 4.69) is 15.6 Å². The third kappa shape index (κ3) is 7.44. The molecule has 0 saturated heterocycles. The van der Waals surface area contributed by atoms with Gasteiger partial charge in [0.05, 0.1) is 13.2 Å². The monoisotopic (exact) mass is 389 g/mol. The average molecular weight is 389 g/mol. The minimum Gasteiger partial charge on any atom is -0.493 e. The highest BCUT2D eigenvalue weighted by atomic mass is 19.1. The number of aliphatic imine (C=N–C) groups is 1. The Labute approximate surface area is 165 Å². The summed E-state index contributed by atoms with van der Waals surface area (Å²) in [7, 11) is 3.36. The normalized spacial score (nSPS) is 12.4. The number of nitrogens with one attached hydrogen (secondary N) is 2. The van der Waals surface area contributed by atoms with Gasteiger partial charge in [0.1, 0.15) is 11.9 Å². The number of hydrogen-bond acceptors (Lipinski definition) is 4. The number of benzene rings is 2. The summed E-state index contributed by atoms with van der Waals surface area (Å²) in [5, 5.41) is 6.38. The Kier molecular flexibility index (Phi) is 9.07.